The molecule has 1 aromatic heterocycles. The van der Waals surface area contributed by atoms with Crippen LogP contribution in [-0.2, 0) is 6.61 Å². The summed E-state index contributed by atoms with van der Waals surface area (Å²) in [7, 11) is 0. The largest absolute Gasteiger partial charge is 0.390 e. The number of benzene rings is 2. The molecule has 0 fully saturated rings. The van der Waals surface area contributed by atoms with Crippen molar-refractivity contribution in [3.63, 3.8) is 0 Å². The molecule has 0 atom stereocenters. The Kier molecular flexibility index (Phi) is 3.12. The minimum absolute atomic E-state index is 0.0326. The lowest BCUT2D eigenvalue weighted by molar-refractivity contribution is 0.277. The van der Waals surface area contributed by atoms with Crippen LogP contribution in [0.25, 0.3) is 16.8 Å². The second-order valence-corrected chi connectivity index (χ2v) is 4.34. The van der Waals surface area contributed by atoms with Gasteiger partial charge in [0.1, 0.15) is 0 Å². The maximum absolute atomic E-state index is 9.01. The van der Waals surface area contributed by atoms with Crippen LogP contribution >= 0.6 is 0 Å². The SMILES string of the molecule is OCc1cn(-c2ccc(-c3ccccc3)cc2)cn1. The smallest absolute Gasteiger partial charge is 0.0996 e. The van der Waals surface area contributed by atoms with Gasteiger partial charge in [-0.2, -0.15) is 0 Å². The first-order valence-corrected chi connectivity index (χ1v) is 6.16. The molecular weight excluding hydrogens is 236 g/mol. The fraction of sp³-hybridized carbons (Fsp3) is 0.0625. The minimum atomic E-state index is -0.0326. The van der Waals surface area contributed by atoms with Gasteiger partial charge in [-0.25, -0.2) is 4.98 Å². The number of aromatic nitrogens is 2. The van der Waals surface area contributed by atoms with Crippen LogP contribution < -0.4 is 0 Å². The molecule has 1 heterocycles. The van der Waals surface area contributed by atoms with Gasteiger partial charge in [-0.15, -0.1) is 0 Å². The van der Waals surface area contributed by atoms with Gasteiger partial charge in [-0.05, 0) is 23.3 Å². The van der Waals surface area contributed by atoms with Gasteiger partial charge in [0.25, 0.3) is 0 Å². The minimum Gasteiger partial charge on any atom is -0.390 e. The number of imidazole rings is 1. The first kappa shape index (κ1) is 11.7. The topological polar surface area (TPSA) is 38.0 Å². The standard InChI is InChI=1S/C16H14N2O/c19-11-15-10-18(12-17-15)16-8-6-14(7-9-16)13-4-2-1-3-5-13/h1-10,12,19H,11H2. The van der Waals surface area contributed by atoms with Crippen molar-refractivity contribution in [3.8, 4) is 16.8 Å². The number of nitrogens with zero attached hydrogens (tertiary/aromatic N) is 2. The van der Waals surface area contributed by atoms with Crippen LogP contribution in [0.5, 0.6) is 0 Å². The maximum atomic E-state index is 9.01. The van der Waals surface area contributed by atoms with Gasteiger partial charge in [0, 0.05) is 11.9 Å². The quantitative estimate of drug-likeness (QED) is 0.776. The highest BCUT2D eigenvalue weighted by Gasteiger charge is 2.01. The molecular formula is C16H14N2O. The summed E-state index contributed by atoms with van der Waals surface area (Å²) in [5, 5.41) is 9.01. The molecule has 0 bridgehead atoms. The lowest BCUT2D eigenvalue weighted by atomic mass is 10.1. The molecule has 0 radical (unpaired) electrons. The third kappa shape index (κ3) is 2.41. The zero-order valence-electron chi connectivity index (χ0n) is 10.4. The molecule has 19 heavy (non-hydrogen) atoms. The molecule has 0 saturated heterocycles. The zero-order valence-corrected chi connectivity index (χ0v) is 10.4. The van der Waals surface area contributed by atoms with Gasteiger partial charge in [-0.3, -0.25) is 0 Å². The van der Waals surface area contributed by atoms with Gasteiger partial charge in [0.15, 0.2) is 0 Å². The van der Waals surface area contributed by atoms with E-state index in [2.05, 4.69) is 29.2 Å². The third-order valence-electron chi connectivity index (χ3n) is 3.07. The molecule has 0 saturated carbocycles. The Hall–Kier alpha value is -2.39. The number of rotatable bonds is 3. The normalized spacial score (nSPS) is 10.6. The summed E-state index contributed by atoms with van der Waals surface area (Å²) in [5.41, 5.74) is 4.10. The van der Waals surface area contributed by atoms with Gasteiger partial charge in [0.2, 0.25) is 0 Å². The molecule has 3 nitrogen and oxygen atoms in total. The van der Waals surface area contributed by atoms with E-state index in [4.69, 9.17) is 5.11 Å². The van der Waals surface area contributed by atoms with Crippen LogP contribution in [0.1, 0.15) is 5.69 Å². The monoisotopic (exact) mass is 250 g/mol. The van der Waals surface area contributed by atoms with Gasteiger partial charge < -0.3 is 9.67 Å². The predicted molar refractivity (Wildman–Crippen MR) is 74.9 cm³/mol. The molecule has 2 aromatic carbocycles. The Labute approximate surface area is 111 Å². The van der Waals surface area contributed by atoms with Crippen molar-refractivity contribution in [2.45, 2.75) is 6.61 Å². The maximum Gasteiger partial charge on any atom is 0.0996 e. The predicted octanol–water partition coefficient (Wildman–Crippen LogP) is 3.03. The van der Waals surface area contributed by atoms with Crippen LogP contribution in [0.4, 0.5) is 0 Å². The summed E-state index contributed by atoms with van der Waals surface area (Å²) in [4.78, 5) is 4.10. The van der Waals surface area contributed by atoms with E-state index in [0.29, 0.717) is 5.69 Å². The molecule has 0 aliphatic heterocycles. The first-order valence-electron chi connectivity index (χ1n) is 6.16. The molecule has 3 aromatic rings. The van der Waals surface area contributed by atoms with Gasteiger partial charge in [0.05, 0.1) is 18.6 Å². The van der Waals surface area contributed by atoms with E-state index in [0.717, 1.165) is 5.69 Å². The van der Waals surface area contributed by atoms with E-state index < -0.39 is 0 Å². The van der Waals surface area contributed by atoms with Crippen molar-refractivity contribution >= 4 is 0 Å². The van der Waals surface area contributed by atoms with Gasteiger partial charge in [-0.1, -0.05) is 42.5 Å². The molecule has 0 spiro atoms. The number of hydrogen-bond acceptors (Lipinski definition) is 2. The van der Waals surface area contributed by atoms with Crippen LogP contribution in [-0.4, -0.2) is 14.7 Å². The summed E-state index contributed by atoms with van der Waals surface area (Å²) in [6.45, 7) is -0.0326. The van der Waals surface area contributed by atoms with Crippen LogP contribution in [0.2, 0.25) is 0 Å². The third-order valence-corrected chi connectivity index (χ3v) is 3.07. The highest BCUT2D eigenvalue weighted by molar-refractivity contribution is 5.64. The second kappa shape index (κ2) is 5.08. The molecule has 3 heteroatoms. The Bertz CT molecular complexity index is 657. The number of aliphatic hydroxyl groups excluding tert-OH is 1. The highest BCUT2D eigenvalue weighted by Crippen LogP contribution is 2.20. The fourth-order valence-corrected chi connectivity index (χ4v) is 2.04. The average molecular weight is 250 g/mol. The van der Waals surface area contributed by atoms with Crippen molar-refractivity contribution in [3.05, 3.63) is 72.8 Å². The van der Waals surface area contributed by atoms with E-state index >= 15 is 0 Å². The van der Waals surface area contributed by atoms with E-state index in [1.165, 1.54) is 11.1 Å². The molecule has 3 rings (SSSR count). The Morgan fingerprint density at radius 3 is 2.21 bits per heavy atom. The molecule has 0 aliphatic rings. The van der Waals surface area contributed by atoms with Crippen molar-refractivity contribution in [1.29, 1.82) is 0 Å². The van der Waals surface area contributed by atoms with E-state index in [-0.39, 0.29) is 6.61 Å². The lowest BCUT2D eigenvalue weighted by Gasteiger charge is -2.05. The van der Waals surface area contributed by atoms with Crippen molar-refractivity contribution in [2.75, 3.05) is 0 Å². The number of aliphatic hydroxyl groups is 1. The van der Waals surface area contributed by atoms with Gasteiger partial charge >= 0.3 is 0 Å². The van der Waals surface area contributed by atoms with Crippen LogP contribution in [0, 0.1) is 0 Å². The molecule has 0 amide bonds. The summed E-state index contributed by atoms with van der Waals surface area (Å²) in [6, 6.07) is 18.5. The summed E-state index contributed by atoms with van der Waals surface area (Å²) in [5.74, 6) is 0. The van der Waals surface area contributed by atoms with Crippen molar-refractivity contribution in [1.82, 2.24) is 9.55 Å². The first-order chi connectivity index (χ1) is 9.36. The lowest BCUT2D eigenvalue weighted by Crippen LogP contribution is -1.89. The highest BCUT2D eigenvalue weighted by atomic mass is 16.3. The Morgan fingerprint density at radius 1 is 0.895 bits per heavy atom. The summed E-state index contributed by atoms with van der Waals surface area (Å²) in [6.07, 6.45) is 3.54. The molecule has 0 aliphatic carbocycles. The Balaban J connectivity index is 1.90. The molecule has 0 unspecified atom stereocenters. The zero-order chi connectivity index (χ0) is 13.1. The van der Waals surface area contributed by atoms with Crippen LogP contribution in [0.15, 0.2) is 67.1 Å². The summed E-state index contributed by atoms with van der Waals surface area (Å²) >= 11 is 0. The molecule has 1 N–H and O–H groups in total. The number of hydrogen-bond donors (Lipinski definition) is 1. The van der Waals surface area contributed by atoms with E-state index in [1.807, 2.05) is 41.1 Å². The fourth-order valence-electron chi connectivity index (χ4n) is 2.04. The average Bonchev–Trinajstić information content (AvgIpc) is 2.97. The van der Waals surface area contributed by atoms with E-state index in [1.54, 1.807) is 6.33 Å². The second-order valence-electron chi connectivity index (χ2n) is 4.34. The van der Waals surface area contributed by atoms with Crippen molar-refractivity contribution in [2.24, 2.45) is 0 Å². The van der Waals surface area contributed by atoms with E-state index in [9.17, 15) is 0 Å². The van der Waals surface area contributed by atoms with Crippen molar-refractivity contribution < 1.29 is 5.11 Å². The molecule has 94 valence electrons. The summed E-state index contributed by atoms with van der Waals surface area (Å²) < 4.78 is 1.90. The Morgan fingerprint density at radius 2 is 1.58 bits per heavy atom. The van der Waals surface area contributed by atoms with Crippen LogP contribution in [0.3, 0.4) is 0 Å².